The van der Waals surface area contributed by atoms with Crippen LogP contribution in [-0.4, -0.2) is 21.0 Å². The highest BCUT2D eigenvalue weighted by molar-refractivity contribution is 7.86. The fourth-order valence-electron chi connectivity index (χ4n) is 0.528. The van der Waals surface area contributed by atoms with Crippen LogP contribution in [0, 0.1) is 0 Å². The summed E-state index contributed by atoms with van der Waals surface area (Å²) in [5.41, 5.74) is 0. The summed E-state index contributed by atoms with van der Waals surface area (Å²) in [6, 6.07) is 0. The first-order valence-corrected chi connectivity index (χ1v) is 4.82. The van der Waals surface area contributed by atoms with Crippen molar-refractivity contribution in [2.45, 2.75) is 32.4 Å². The molecule has 0 spiro atoms. The number of ketones is 1. The van der Waals surface area contributed by atoms with Gasteiger partial charge in [-0.2, -0.15) is 0 Å². The van der Waals surface area contributed by atoms with Gasteiger partial charge < -0.3 is 0 Å². The van der Waals surface area contributed by atoms with E-state index in [2.05, 4.69) is 0 Å². The van der Waals surface area contributed by atoms with Gasteiger partial charge in [0.05, 0.1) is 5.75 Å². The number of carbonyl (C=O) groups excluding carboxylic acids is 1. The van der Waals surface area contributed by atoms with Crippen molar-refractivity contribution >= 4 is 16.6 Å². The molecule has 0 bridgehead atoms. The van der Waals surface area contributed by atoms with E-state index in [-0.39, 0.29) is 16.8 Å². The Kier molecular flexibility index (Phi) is 4.52. The highest BCUT2D eigenvalue weighted by Crippen LogP contribution is 2.00. The van der Waals surface area contributed by atoms with Crippen LogP contribution in [0.2, 0.25) is 0 Å². The van der Waals surface area contributed by atoms with E-state index in [0.29, 0.717) is 0 Å². The Morgan fingerprint density at radius 2 is 2.10 bits per heavy atom. The SMILES string of the molecule is CCC(C)S(=O)CC(C)=O. The zero-order valence-corrected chi connectivity index (χ0v) is 7.53. The fourth-order valence-corrected chi connectivity index (χ4v) is 1.59. The van der Waals surface area contributed by atoms with E-state index in [1.54, 1.807) is 0 Å². The molecule has 0 radical (unpaired) electrons. The molecule has 0 aromatic carbocycles. The summed E-state index contributed by atoms with van der Waals surface area (Å²) >= 11 is 0. The molecular weight excluding hydrogens is 148 g/mol. The molecule has 10 heavy (non-hydrogen) atoms. The molecule has 0 aromatic heterocycles. The fraction of sp³-hybridized carbons (Fsp3) is 0.857. The molecule has 3 heteroatoms. The number of Topliss-reactive ketones (excluding diaryl/α,β-unsaturated/α-hetero) is 1. The summed E-state index contributed by atoms with van der Waals surface area (Å²) in [6.07, 6.45) is 0.875. The van der Waals surface area contributed by atoms with Crippen LogP contribution in [0.3, 0.4) is 0 Å². The average molecular weight is 162 g/mol. The van der Waals surface area contributed by atoms with Gasteiger partial charge in [0, 0.05) is 16.0 Å². The Morgan fingerprint density at radius 1 is 1.60 bits per heavy atom. The highest BCUT2D eigenvalue weighted by Gasteiger charge is 2.09. The second-order valence-electron chi connectivity index (χ2n) is 2.45. The first kappa shape index (κ1) is 9.82. The van der Waals surface area contributed by atoms with Gasteiger partial charge in [-0.3, -0.25) is 9.00 Å². The molecule has 0 saturated carbocycles. The normalized spacial score (nSPS) is 16.3. The van der Waals surface area contributed by atoms with E-state index in [9.17, 15) is 9.00 Å². The van der Waals surface area contributed by atoms with Crippen molar-refractivity contribution in [3.05, 3.63) is 0 Å². The predicted octanol–water partition coefficient (Wildman–Crippen LogP) is 1.12. The first-order valence-electron chi connectivity index (χ1n) is 3.44. The third-order valence-electron chi connectivity index (χ3n) is 1.37. The summed E-state index contributed by atoms with van der Waals surface area (Å²) in [7, 11) is -0.944. The zero-order valence-electron chi connectivity index (χ0n) is 6.72. The Bertz CT molecular complexity index is 143. The van der Waals surface area contributed by atoms with Crippen LogP contribution in [0.4, 0.5) is 0 Å². The maximum Gasteiger partial charge on any atom is 0.142 e. The van der Waals surface area contributed by atoms with E-state index in [0.717, 1.165) is 6.42 Å². The first-order chi connectivity index (χ1) is 4.57. The molecule has 0 fully saturated rings. The van der Waals surface area contributed by atoms with Crippen molar-refractivity contribution in [3.63, 3.8) is 0 Å². The van der Waals surface area contributed by atoms with Gasteiger partial charge in [-0.1, -0.05) is 13.8 Å². The molecule has 2 unspecified atom stereocenters. The van der Waals surface area contributed by atoms with Crippen LogP contribution in [0.25, 0.3) is 0 Å². The molecule has 2 nitrogen and oxygen atoms in total. The third kappa shape index (κ3) is 3.77. The lowest BCUT2D eigenvalue weighted by molar-refractivity contribution is -0.114. The van der Waals surface area contributed by atoms with Crippen LogP contribution in [0.5, 0.6) is 0 Å². The number of rotatable bonds is 4. The average Bonchev–Trinajstić information content (AvgIpc) is 1.85. The number of carbonyl (C=O) groups is 1. The molecule has 0 heterocycles. The molecule has 2 atom stereocenters. The quantitative estimate of drug-likeness (QED) is 0.621. The van der Waals surface area contributed by atoms with Crippen molar-refractivity contribution in [1.82, 2.24) is 0 Å². The van der Waals surface area contributed by atoms with Gasteiger partial charge >= 0.3 is 0 Å². The molecule has 0 aromatic rings. The van der Waals surface area contributed by atoms with Gasteiger partial charge in [0.25, 0.3) is 0 Å². The predicted molar refractivity (Wildman–Crippen MR) is 43.4 cm³/mol. The summed E-state index contributed by atoms with van der Waals surface area (Å²) < 4.78 is 11.1. The maximum absolute atomic E-state index is 11.1. The van der Waals surface area contributed by atoms with Crippen LogP contribution < -0.4 is 0 Å². The summed E-state index contributed by atoms with van der Waals surface area (Å²) in [5, 5.41) is 0.156. The topological polar surface area (TPSA) is 34.1 Å². The lowest BCUT2D eigenvalue weighted by Gasteiger charge is -2.05. The largest absolute Gasteiger partial charge is 0.299 e. The van der Waals surface area contributed by atoms with Crippen molar-refractivity contribution in [3.8, 4) is 0 Å². The van der Waals surface area contributed by atoms with Gasteiger partial charge in [0.1, 0.15) is 5.78 Å². The standard InChI is InChI=1S/C7H14O2S/c1-4-7(3)10(9)5-6(2)8/h7H,4-5H2,1-3H3. The molecule has 0 aliphatic rings. The van der Waals surface area contributed by atoms with Crippen LogP contribution in [0.15, 0.2) is 0 Å². The summed E-state index contributed by atoms with van der Waals surface area (Å²) in [6.45, 7) is 5.35. The lowest BCUT2D eigenvalue weighted by Crippen LogP contribution is -2.16. The van der Waals surface area contributed by atoms with E-state index in [1.807, 2.05) is 13.8 Å². The van der Waals surface area contributed by atoms with E-state index >= 15 is 0 Å². The second-order valence-corrected chi connectivity index (χ2v) is 4.30. The Labute approximate surface area is 64.5 Å². The number of hydrogen-bond acceptors (Lipinski definition) is 2. The smallest absolute Gasteiger partial charge is 0.142 e. The minimum Gasteiger partial charge on any atom is -0.299 e. The van der Waals surface area contributed by atoms with Crippen LogP contribution in [-0.2, 0) is 15.6 Å². The van der Waals surface area contributed by atoms with E-state index < -0.39 is 10.8 Å². The molecule has 0 rings (SSSR count). The Hall–Kier alpha value is -0.180. The molecular formula is C7H14O2S. The molecule has 0 amide bonds. The molecule has 60 valence electrons. The second kappa shape index (κ2) is 4.61. The van der Waals surface area contributed by atoms with Crippen LogP contribution in [0.1, 0.15) is 27.2 Å². The molecule has 0 aliphatic heterocycles. The van der Waals surface area contributed by atoms with Crippen molar-refractivity contribution in [2.24, 2.45) is 0 Å². The lowest BCUT2D eigenvalue weighted by atomic mass is 10.4. The maximum atomic E-state index is 11.1. The summed E-state index contributed by atoms with van der Waals surface area (Å²) in [4.78, 5) is 10.5. The monoisotopic (exact) mass is 162 g/mol. The van der Waals surface area contributed by atoms with Crippen LogP contribution >= 0.6 is 0 Å². The molecule has 0 aliphatic carbocycles. The Balaban J connectivity index is 3.73. The van der Waals surface area contributed by atoms with Gasteiger partial charge in [0.2, 0.25) is 0 Å². The Morgan fingerprint density at radius 3 is 2.40 bits per heavy atom. The molecule has 0 saturated heterocycles. The van der Waals surface area contributed by atoms with Crippen molar-refractivity contribution in [1.29, 1.82) is 0 Å². The zero-order chi connectivity index (χ0) is 8.15. The van der Waals surface area contributed by atoms with Gasteiger partial charge in [0.15, 0.2) is 0 Å². The van der Waals surface area contributed by atoms with E-state index in [1.165, 1.54) is 6.92 Å². The minimum atomic E-state index is -0.944. The van der Waals surface area contributed by atoms with Gasteiger partial charge in [-0.15, -0.1) is 0 Å². The summed E-state index contributed by atoms with van der Waals surface area (Å²) in [5.74, 6) is 0.230. The van der Waals surface area contributed by atoms with Gasteiger partial charge in [-0.25, -0.2) is 0 Å². The van der Waals surface area contributed by atoms with Gasteiger partial charge in [-0.05, 0) is 13.3 Å². The third-order valence-corrected chi connectivity index (χ3v) is 3.29. The van der Waals surface area contributed by atoms with Crippen molar-refractivity contribution in [2.75, 3.05) is 5.75 Å². The van der Waals surface area contributed by atoms with Crippen molar-refractivity contribution < 1.29 is 9.00 Å². The molecule has 0 N–H and O–H groups in total. The minimum absolute atomic E-state index is 0.0126. The number of hydrogen-bond donors (Lipinski definition) is 0. The van der Waals surface area contributed by atoms with E-state index in [4.69, 9.17) is 0 Å². The highest BCUT2D eigenvalue weighted by atomic mass is 32.2.